The number of carbonyl (C=O) groups excluding carboxylic acids is 1. The van der Waals surface area contributed by atoms with E-state index >= 15 is 0 Å². The van der Waals surface area contributed by atoms with Crippen molar-refractivity contribution in [3.05, 3.63) is 0 Å². The van der Waals surface area contributed by atoms with E-state index in [1.807, 2.05) is 0 Å². The van der Waals surface area contributed by atoms with Crippen molar-refractivity contribution in [1.29, 1.82) is 0 Å². The molecule has 0 unspecified atom stereocenters. The fourth-order valence-electron chi connectivity index (χ4n) is 1.68. The molecule has 0 spiro atoms. The number of hydrogen-bond donors (Lipinski definition) is 0. The van der Waals surface area contributed by atoms with E-state index in [0.717, 1.165) is 12.8 Å². The molecule has 0 amide bonds. The Kier molecular flexibility index (Phi) is 13.5. The molecule has 0 aromatic heterocycles. The SMILES string of the molecule is CCCCCCCCCCC[C](=O)[K]. The predicted octanol–water partition coefficient (Wildman–Crippen LogP) is 3.60. The standard InChI is InChI=1S/C12H23O.K/c1-2-3-4-5-6-7-8-9-10-11-12-13;/h2-11H2,1H3;. The molecule has 0 aliphatic carbocycles. The molecule has 0 saturated carbocycles. The summed E-state index contributed by atoms with van der Waals surface area (Å²) in [5.41, 5.74) is 0. The van der Waals surface area contributed by atoms with Gasteiger partial charge in [-0.3, -0.25) is 0 Å². The molecule has 78 valence electrons. The second kappa shape index (κ2) is 12.4. The van der Waals surface area contributed by atoms with Crippen LogP contribution in [0.25, 0.3) is 0 Å². The average Bonchev–Trinajstić information content (AvgIpc) is 2.15. The molecule has 0 saturated heterocycles. The minimum absolute atomic E-state index is 0.424. The van der Waals surface area contributed by atoms with Crippen molar-refractivity contribution < 1.29 is 4.79 Å². The fourth-order valence-corrected chi connectivity index (χ4v) is 2.24. The zero-order chi connectivity index (χ0) is 10.6. The van der Waals surface area contributed by atoms with Gasteiger partial charge < -0.3 is 0 Å². The molecule has 0 fully saturated rings. The van der Waals surface area contributed by atoms with Crippen molar-refractivity contribution in [3.63, 3.8) is 0 Å². The van der Waals surface area contributed by atoms with Crippen LogP contribution in [0.15, 0.2) is 0 Å². The third-order valence-electron chi connectivity index (χ3n) is 2.63. The molecule has 0 aliphatic rings. The first-order chi connectivity index (χ1) is 6.77. The molecule has 1 nitrogen and oxygen atoms in total. The van der Waals surface area contributed by atoms with Crippen molar-refractivity contribution in [3.8, 4) is 0 Å². The maximum absolute atomic E-state index is 10.7. The molecule has 14 heavy (non-hydrogen) atoms. The second-order valence-electron chi connectivity index (χ2n) is 4.28. The van der Waals surface area contributed by atoms with Gasteiger partial charge in [-0.15, -0.1) is 0 Å². The predicted molar refractivity (Wildman–Crippen MR) is 62.6 cm³/mol. The van der Waals surface area contributed by atoms with Crippen LogP contribution in [0.3, 0.4) is 0 Å². The number of hydrogen-bond acceptors (Lipinski definition) is 1. The zero-order valence-electron chi connectivity index (χ0n) is 9.98. The van der Waals surface area contributed by atoms with Crippen molar-refractivity contribution >= 4 is 48.8 Å². The Morgan fingerprint density at radius 3 is 1.71 bits per heavy atom. The molecule has 0 aromatic carbocycles. The molecule has 0 bridgehead atoms. The number of rotatable bonds is 10. The van der Waals surface area contributed by atoms with E-state index in [2.05, 4.69) is 6.92 Å². The average molecular weight is 222 g/mol. The van der Waals surface area contributed by atoms with Gasteiger partial charge in [-0.1, -0.05) is 0 Å². The molecule has 0 heterocycles. The summed E-state index contributed by atoms with van der Waals surface area (Å²) < 4.78 is 0.528. The van der Waals surface area contributed by atoms with Crippen LogP contribution in [0.5, 0.6) is 0 Å². The summed E-state index contributed by atoms with van der Waals surface area (Å²) in [5.74, 6) is 0. The van der Waals surface area contributed by atoms with E-state index in [1.165, 1.54) is 51.4 Å². The van der Waals surface area contributed by atoms with Crippen molar-refractivity contribution in [2.75, 3.05) is 0 Å². The zero-order valence-corrected chi connectivity index (χ0v) is 13.1. The van der Waals surface area contributed by atoms with Crippen LogP contribution in [-0.4, -0.2) is 48.8 Å². The molecule has 0 atom stereocenters. The molecule has 0 radical (unpaired) electrons. The molecular weight excluding hydrogens is 199 g/mol. The minimum atomic E-state index is 0.424. The Labute approximate surface area is 123 Å². The van der Waals surface area contributed by atoms with Crippen molar-refractivity contribution in [2.24, 2.45) is 0 Å². The van der Waals surface area contributed by atoms with Crippen LogP contribution in [0, 0.1) is 0 Å². The summed E-state index contributed by atoms with van der Waals surface area (Å²) in [4.78, 5) is 10.7. The van der Waals surface area contributed by atoms with E-state index in [0.29, 0.717) is 48.8 Å². The van der Waals surface area contributed by atoms with Crippen LogP contribution in [-0.2, 0) is 4.79 Å². The van der Waals surface area contributed by atoms with E-state index in [-0.39, 0.29) is 0 Å². The Balaban J connectivity index is 2.88. The van der Waals surface area contributed by atoms with Gasteiger partial charge in [0.25, 0.3) is 0 Å². The molecule has 0 aromatic rings. The first kappa shape index (κ1) is 15.3. The maximum atomic E-state index is 10.7. The van der Waals surface area contributed by atoms with Gasteiger partial charge in [-0.2, -0.15) is 0 Å². The van der Waals surface area contributed by atoms with E-state index < -0.39 is 0 Å². The molecule has 0 N–H and O–H groups in total. The Hall–Kier alpha value is 1.31. The third kappa shape index (κ3) is 13.3. The van der Waals surface area contributed by atoms with Crippen LogP contribution >= 0.6 is 0 Å². The first-order valence-electron chi connectivity index (χ1n) is 6.26. The second-order valence-corrected chi connectivity index (χ2v) is 6.02. The monoisotopic (exact) mass is 222 g/mol. The van der Waals surface area contributed by atoms with Gasteiger partial charge >= 0.3 is 125 Å². The van der Waals surface area contributed by atoms with Gasteiger partial charge in [0, 0.05) is 0 Å². The van der Waals surface area contributed by atoms with Crippen molar-refractivity contribution in [2.45, 2.75) is 71.1 Å². The van der Waals surface area contributed by atoms with Crippen LogP contribution in [0.1, 0.15) is 71.1 Å². The topological polar surface area (TPSA) is 17.1 Å². The summed E-state index contributed by atoms with van der Waals surface area (Å²) in [6.45, 7) is 2.26. The van der Waals surface area contributed by atoms with Gasteiger partial charge in [0.15, 0.2) is 0 Å². The van der Waals surface area contributed by atoms with Gasteiger partial charge in [0.1, 0.15) is 0 Å². The van der Waals surface area contributed by atoms with E-state index in [4.69, 9.17) is 0 Å². The fraction of sp³-hybridized carbons (Fsp3) is 0.917. The number of carbonyl (C=O) groups is 1. The normalized spacial score (nSPS) is 10.5. The number of unbranched alkanes of at least 4 members (excludes halogenated alkanes) is 8. The Morgan fingerprint density at radius 2 is 1.29 bits per heavy atom. The van der Waals surface area contributed by atoms with Crippen LogP contribution in [0.2, 0.25) is 0 Å². The summed E-state index contributed by atoms with van der Waals surface area (Å²) in [6, 6.07) is 0. The van der Waals surface area contributed by atoms with Crippen molar-refractivity contribution in [1.82, 2.24) is 0 Å². The van der Waals surface area contributed by atoms with Gasteiger partial charge in [0.2, 0.25) is 0 Å². The first-order valence-corrected chi connectivity index (χ1v) is 7.83. The summed E-state index contributed by atoms with van der Waals surface area (Å²) in [6.07, 6.45) is 13.0. The summed E-state index contributed by atoms with van der Waals surface area (Å²) in [5, 5.41) is 0. The Morgan fingerprint density at radius 1 is 0.857 bits per heavy atom. The van der Waals surface area contributed by atoms with Gasteiger partial charge in [-0.25, -0.2) is 0 Å². The van der Waals surface area contributed by atoms with Gasteiger partial charge in [0.05, 0.1) is 0 Å². The summed E-state index contributed by atoms with van der Waals surface area (Å²) >= 11 is 0.424. The molecule has 0 aliphatic heterocycles. The molecule has 0 rings (SSSR count). The van der Waals surface area contributed by atoms with Crippen LogP contribution in [0.4, 0.5) is 0 Å². The Bertz CT molecular complexity index is 134. The van der Waals surface area contributed by atoms with Gasteiger partial charge in [-0.05, 0) is 0 Å². The summed E-state index contributed by atoms with van der Waals surface area (Å²) in [7, 11) is 0. The third-order valence-corrected chi connectivity index (χ3v) is 3.41. The van der Waals surface area contributed by atoms with Crippen LogP contribution < -0.4 is 0 Å². The molecular formula is C12H23KO. The molecule has 2 heteroatoms. The quantitative estimate of drug-likeness (QED) is 0.408. The van der Waals surface area contributed by atoms with E-state index in [9.17, 15) is 4.79 Å². The van der Waals surface area contributed by atoms with E-state index in [1.54, 1.807) is 0 Å².